The van der Waals surface area contributed by atoms with Gasteiger partial charge in [-0.3, -0.25) is 0 Å². The molecule has 0 aliphatic rings. The zero-order chi connectivity index (χ0) is 15.1. The molecule has 0 unspecified atom stereocenters. The van der Waals surface area contributed by atoms with E-state index in [1.54, 1.807) is 6.92 Å². The van der Waals surface area contributed by atoms with E-state index in [0.29, 0.717) is 12.2 Å². The molecule has 0 atom stereocenters. The predicted octanol–water partition coefficient (Wildman–Crippen LogP) is 3.24. The highest BCUT2D eigenvalue weighted by molar-refractivity contribution is 7.73. The number of carbonyl (C=O) groups is 1. The van der Waals surface area contributed by atoms with Crippen LogP contribution in [0.3, 0.4) is 0 Å². The molecule has 0 saturated carbocycles. The molecule has 2 rings (SSSR count). The third-order valence-electron chi connectivity index (χ3n) is 3.03. The number of carbonyl (C=O) groups excluding carboxylic acids is 1. The van der Waals surface area contributed by atoms with Crippen molar-refractivity contribution >= 4 is 24.5 Å². The first kappa shape index (κ1) is 15.5. The van der Waals surface area contributed by atoms with Crippen molar-refractivity contribution in [1.82, 2.24) is 0 Å². The summed E-state index contributed by atoms with van der Waals surface area (Å²) < 4.78 is 5.25. The summed E-state index contributed by atoms with van der Waals surface area (Å²) in [5, 5.41) is 2.59. The van der Waals surface area contributed by atoms with Gasteiger partial charge in [0, 0.05) is 11.7 Å². The highest BCUT2D eigenvalue weighted by atomic mass is 31.1. The van der Waals surface area contributed by atoms with E-state index in [4.69, 9.17) is 4.74 Å². The number of rotatable bonds is 6. The van der Waals surface area contributed by atoms with Gasteiger partial charge in [0.05, 0.1) is 6.61 Å². The lowest BCUT2D eigenvalue weighted by Gasteiger charge is -2.18. The van der Waals surface area contributed by atoms with E-state index in [1.165, 1.54) is 10.6 Å². The summed E-state index contributed by atoms with van der Waals surface area (Å²) in [6.45, 7) is 5.68. The second-order valence-corrected chi connectivity index (χ2v) is 7.08. The minimum atomic E-state index is -0.508. The van der Waals surface area contributed by atoms with Crippen molar-refractivity contribution < 1.29 is 9.53 Å². The van der Waals surface area contributed by atoms with Crippen molar-refractivity contribution in [3.05, 3.63) is 72.8 Å². The van der Waals surface area contributed by atoms with Crippen LogP contribution in [0.5, 0.6) is 0 Å². The lowest BCUT2D eigenvalue weighted by Crippen LogP contribution is -2.17. The Morgan fingerprint density at radius 1 is 1.00 bits per heavy atom. The van der Waals surface area contributed by atoms with Crippen LogP contribution >= 0.6 is 7.92 Å². The molecule has 0 fully saturated rings. The first-order valence-electron chi connectivity index (χ1n) is 6.89. The zero-order valence-corrected chi connectivity index (χ0v) is 13.1. The van der Waals surface area contributed by atoms with Crippen LogP contribution in [0.2, 0.25) is 0 Å². The molecule has 0 aromatic heterocycles. The monoisotopic (exact) mass is 298 g/mol. The largest absolute Gasteiger partial charge is 0.462 e. The number of hydrogen-bond acceptors (Lipinski definition) is 2. The zero-order valence-electron chi connectivity index (χ0n) is 12.2. The van der Waals surface area contributed by atoms with Crippen LogP contribution in [-0.2, 0) is 9.53 Å². The fraction of sp³-hybridized carbons (Fsp3) is 0.167. The first-order valence-corrected chi connectivity index (χ1v) is 8.41. The van der Waals surface area contributed by atoms with Crippen LogP contribution in [0, 0.1) is 0 Å². The third kappa shape index (κ3) is 4.54. The second kappa shape index (κ2) is 7.75. The molecule has 0 bridgehead atoms. The fourth-order valence-corrected chi connectivity index (χ4v) is 4.13. The molecule has 0 radical (unpaired) electrons. The Labute approximate surface area is 127 Å². The van der Waals surface area contributed by atoms with Crippen molar-refractivity contribution in [2.45, 2.75) is 6.92 Å². The van der Waals surface area contributed by atoms with Crippen LogP contribution in [0.4, 0.5) is 0 Å². The number of hydrogen-bond donors (Lipinski definition) is 0. The van der Waals surface area contributed by atoms with Gasteiger partial charge in [0.1, 0.15) is 0 Å². The van der Waals surface area contributed by atoms with Crippen molar-refractivity contribution in [2.24, 2.45) is 0 Å². The average Bonchev–Trinajstić information content (AvgIpc) is 2.53. The lowest BCUT2D eigenvalue weighted by molar-refractivity contribution is -0.138. The normalized spacial score (nSPS) is 10.4. The molecule has 0 aliphatic carbocycles. The van der Waals surface area contributed by atoms with Crippen molar-refractivity contribution in [1.29, 1.82) is 0 Å². The van der Waals surface area contributed by atoms with Crippen LogP contribution in [0.25, 0.3) is 0 Å². The van der Waals surface area contributed by atoms with E-state index < -0.39 is 7.92 Å². The highest BCUT2D eigenvalue weighted by Gasteiger charge is 2.14. The quantitative estimate of drug-likeness (QED) is 0.465. The Balaban J connectivity index is 2.10. The molecule has 0 N–H and O–H groups in total. The molecule has 2 aromatic rings. The molecular weight excluding hydrogens is 279 g/mol. The molecular formula is C18H19O2P. The minimum absolute atomic E-state index is 0.314. The summed E-state index contributed by atoms with van der Waals surface area (Å²) >= 11 is 0. The fourth-order valence-electron chi connectivity index (χ4n) is 1.98. The highest BCUT2D eigenvalue weighted by Crippen LogP contribution is 2.32. The molecule has 3 heteroatoms. The van der Waals surface area contributed by atoms with Crippen LogP contribution < -0.4 is 10.6 Å². The van der Waals surface area contributed by atoms with Crippen LogP contribution in [0.15, 0.2) is 72.8 Å². The predicted molar refractivity (Wildman–Crippen MR) is 89.7 cm³/mol. The van der Waals surface area contributed by atoms with Gasteiger partial charge >= 0.3 is 5.97 Å². The van der Waals surface area contributed by atoms with Gasteiger partial charge in [0.25, 0.3) is 0 Å². The van der Waals surface area contributed by atoms with Gasteiger partial charge in [-0.25, -0.2) is 4.79 Å². The Bertz CT molecular complexity index is 554. The minimum Gasteiger partial charge on any atom is -0.462 e. The van der Waals surface area contributed by atoms with Gasteiger partial charge in [0.15, 0.2) is 0 Å². The van der Waals surface area contributed by atoms with E-state index in [1.807, 2.05) is 36.4 Å². The Hall–Kier alpha value is -1.92. The molecule has 0 heterocycles. The first-order chi connectivity index (χ1) is 10.2. The van der Waals surface area contributed by atoms with Gasteiger partial charge in [0.2, 0.25) is 0 Å². The van der Waals surface area contributed by atoms with Gasteiger partial charge in [-0.15, -0.1) is 0 Å². The van der Waals surface area contributed by atoms with Crippen LogP contribution in [-0.4, -0.2) is 18.7 Å². The molecule has 2 aromatic carbocycles. The summed E-state index contributed by atoms with van der Waals surface area (Å²) in [5.74, 6) is -0.314. The van der Waals surface area contributed by atoms with E-state index in [-0.39, 0.29) is 5.97 Å². The SMILES string of the molecule is C=C(C)C(=O)OCCP(c1ccccc1)c1ccccc1. The van der Waals surface area contributed by atoms with Crippen LogP contribution in [0.1, 0.15) is 6.92 Å². The van der Waals surface area contributed by atoms with E-state index in [2.05, 4.69) is 30.8 Å². The standard InChI is InChI=1S/C18H19O2P/c1-15(2)18(19)20-13-14-21(16-9-5-3-6-10-16)17-11-7-4-8-12-17/h3-12H,1,13-14H2,2H3. The molecule has 21 heavy (non-hydrogen) atoms. The maximum atomic E-state index is 11.5. The summed E-state index contributed by atoms with van der Waals surface area (Å²) in [7, 11) is -0.508. The lowest BCUT2D eigenvalue weighted by atomic mass is 10.4. The Morgan fingerprint density at radius 3 is 1.90 bits per heavy atom. The summed E-state index contributed by atoms with van der Waals surface area (Å²) in [4.78, 5) is 11.5. The van der Waals surface area contributed by atoms with E-state index >= 15 is 0 Å². The maximum absolute atomic E-state index is 11.5. The molecule has 2 nitrogen and oxygen atoms in total. The molecule has 0 saturated heterocycles. The van der Waals surface area contributed by atoms with Gasteiger partial charge in [-0.1, -0.05) is 67.2 Å². The molecule has 0 spiro atoms. The van der Waals surface area contributed by atoms with Crippen molar-refractivity contribution in [3.8, 4) is 0 Å². The molecule has 0 amide bonds. The van der Waals surface area contributed by atoms with Crippen molar-refractivity contribution in [3.63, 3.8) is 0 Å². The Kier molecular flexibility index (Phi) is 5.71. The number of ether oxygens (including phenoxy) is 1. The maximum Gasteiger partial charge on any atom is 0.333 e. The van der Waals surface area contributed by atoms with Gasteiger partial charge in [-0.05, 0) is 25.5 Å². The molecule has 108 valence electrons. The number of benzene rings is 2. The molecule has 0 aliphatic heterocycles. The van der Waals surface area contributed by atoms with E-state index in [9.17, 15) is 4.79 Å². The van der Waals surface area contributed by atoms with Gasteiger partial charge in [-0.2, -0.15) is 0 Å². The summed E-state index contributed by atoms with van der Waals surface area (Å²) in [5.41, 5.74) is 0.443. The Morgan fingerprint density at radius 2 is 1.48 bits per heavy atom. The smallest absolute Gasteiger partial charge is 0.333 e. The van der Waals surface area contributed by atoms with E-state index in [0.717, 1.165) is 6.16 Å². The number of esters is 1. The second-order valence-electron chi connectivity index (χ2n) is 4.74. The average molecular weight is 298 g/mol. The van der Waals surface area contributed by atoms with Gasteiger partial charge < -0.3 is 4.74 Å². The topological polar surface area (TPSA) is 26.3 Å². The summed E-state index contributed by atoms with van der Waals surface area (Å²) in [6, 6.07) is 20.8. The third-order valence-corrected chi connectivity index (χ3v) is 5.51. The summed E-state index contributed by atoms with van der Waals surface area (Å²) in [6.07, 6.45) is 0.822. The van der Waals surface area contributed by atoms with Crippen molar-refractivity contribution in [2.75, 3.05) is 12.8 Å².